The van der Waals surface area contributed by atoms with Crippen molar-refractivity contribution in [2.45, 2.75) is 13.0 Å². The fourth-order valence-electron chi connectivity index (χ4n) is 2.43. The third-order valence-corrected chi connectivity index (χ3v) is 4.70. The first-order chi connectivity index (χ1) is 11.1. The molecule has 0 N–H and O–H groups in total. The first kappa shape index (κ1) is 15.4. The quantitative estimate of drug-likeness (QED) is 0.740. The van der Waals surface area contributed by atoms with E-state index in [9.17, 15) is 4.79 Å². The maximum Gasteiger partial charge on any atom is 0.251 e. The first-order valence-electron chi connectivity index (χ1n) is 7.30. The van der Waals surface area contributed by atoms with Gasteiger partial charge in [0.25, 0.3) is 5.91 Å². The van der Waals surface area contributed by atoms with Crippen molar-refractivity contribution in [3.05, 3.63) is 59.1 Å². The number of likely N-dealkylation sites (N-methyl/N-ethyl adjacent to an activating group) is 1. The lowest BCUT2D eigenvalue weighted by atomic mass is 10.1. The van der Waals surface area contributed by atoms with E-state index in [1.165, 1.54) is 0 Å². The van der Waals surface area contributed by atoms with Gasteiger partial charge in [-0.1, -0.05) is 35.5 Å². The van der Waals surface area contributed by atoms with Gasteiger partial charge in [-0.2, -0.15) is 0 Å². The van der Waals surface area contributed by atoms with Crippen LogP contribution in [-0.2, 0) is 4.79 Å². The fraction of sp³-hybridized carbons (Fsp3) is 0.235. The molecule has 5 nitrogen and oxygen atoms in total. The summed E-state index contributed by atoms with van der Waals surface area (Å²) in [7, 11) is 3.50. The van der Waals surface area contributed by atoms with E-state index in [-0.39, 0.29) is 5.91 Å². The number of rotatable bonds is 4. The van der Waals surface area contributed by atoms with Crippen LogP contribution in [0.5, 0.6) is 0 Å². The summed E-state index contributed by atoms with van der Waals surface area (Å²) < 4.78 is 1.64. The third-order valence-electron chi connectivity index (χ3n) is 3.66. The molecule has 2 aromatic heterocycles. The van der Waals surface area contributed by atoms with Crippen molar-refractivity contribution in [3.63, 3.8) is 0 Å². The maximum absolute atomic E-state index is 12.6. The molecular formula is C17H18N4OS. The van der Waals surface area contributed by atoms with E-state index in [2.05, 4.69) is 16.4 Å². The smallest absolute Gasteiger partial charge is 0.251 e. The van der Waals surface area contributed by atoms with E-state index < -0.39 is 6.04 Å². The predicted octanol–water partition coefficient (Wildman–Crippen LogP) is 2.99. The number of amides is 1. The van der Waals surface area contributed by atoms with Gasteiger partial charge in [0.15, 0.2) is 6.04 Å². The summed E-state index contributed by atoms with van der Waals surface area (Å²) in [4.78, 5) is 15.3. The number of hydrogen-bond donors (Lipinski definition) is 0. The molecule has 1 aromatic carbocycles. The summed E-state index contributed by atoms with van der Waals surface area (Å²) in [6.45, 7) is 2.05. The Hall–Kier alpha value is -2.47. The molecule has 0 aliphatic carbocycles. The molecule has 1 amide bonds. The number of benzene rings is 1. The minimum atomic E-state index is -0.507. The molecule has 1 atom stereocenters. The van der Waals surface area contributed by atoms with Crippen LogP contribution in [0.4, 0.5) is 0 Å². The molecule has 0 saturated carbocycles. The molecule has 0 bridgehead atoms. The molecule has 6 heteroatoms. The van der Waals surface area contributed by atoms with Crippen LogP contribution in [-0.4, -0.2) is 39.9 Å². The highest BCUT2D eigenvalue weighted by Gasteiger charge is 2.26. The number of aromatic nitrogens is 3. The lowest BCUT2D eigenvalue weighted by Gasteiger charge is -2.20. The van der Waals surface area contributed by atoms with Crippen LogP contribution >= 0.6 is 11.3 Å². The van der Waals surface area contributed by atoms with Crippen LogP contribution in [0.3, 0.4) is 0 Å². The summed E-state index contributed by atoms with van der Waals surface area (Å²) in [5, 5.41) is 10.5. The molecule has 2 heterocycles. The summed E-state index contributed by atoms with van der Waals surface area (Å²) >= 11 is 1.63. The number of aryl methyl sites for hydroxylation is 1. The van der Waals surface area contributed by atoms with Gasteiger partial charge in [0.2, 0.25) is 0 Å². The zero-order valence-electron chi connectivity index (χ0n) is 13.3. The van der Waals surface area contributed by atoms with Crippen LogP contribution in [0.1, 0.15) is 17.2 Å². The van der Waals surface area contributed by atoms with Crippen molar-refractivity contribution >= 4 is 17.2 Å². The average molecular weight is 326 g/mol. The Labute approximate surface area is 139 Å². The molecular weight excluding hydrogens is 308 g/mol. The Morgan fingerprint density at radius 2 is 1.96 bits per heavy atom. The van der Waals surface area contributed by atoms with E-state index in [1.807, 2.05) is 48.8 Å². The predicted molar refractivity (Wildman–Crippen MR) is 91.3 cm³/mol. The van der Waals surface area contributed by atoms with E-state index in [0.29, 0.717) is 0 Å². The minimum absolute atomic E-state index is 0.0319. The standard InChI is InChI=1S/C17H18N4OS/c1-12-9-10-23-16(12)14-11-21(19-18-14)15(17(22)20(2)3)13-7-5-4-6-8-13/h4-11,15H,1-3H3. The molecule has 3 aromatic rings. The SMILES string of the molecule is Cc1ccsc1-c1cn(C(C(=O)N(C)C)c2ccccc2)nn1. The highest BCUT2D eigenvalue weighted by molar-refractivity contribution is 7.13. The van der Waals surface area contributed by atoms with Gasteiger partial charge >= 0.3 is 0 Å². The lowest BCUT2D eigenvalue weighted by molar-refractivity contribution is -0.131. The van der Waals surface area contributed by atoms with E-state index >= 15 is 0 Å². The zero-order chi connectivity index (χ0) is 16.4. The Bertz CT molecular complexity index is 807. The van der Waals surface area contributed by atoms with Gasteiger partial charge in [-0.25, -0.2) is 4.68 Å². The van der Waals surface area contributed by atoms with Gasteiger partial charge in [-0.05, 0) is 29.5 Å². The molecule has 0 radical (unpaired) electrons. The van der Waals surface area contributed by atoms with E-state index in [0.717, 1.165) is 21.7 Å². The second-order valence-corrected chi connectivity index (χ2v) is 6.48. The topological polar surface area (TPSA) is 51.0 Å². The first-order valence-corrected chi connectivity index (χ1v) is 8.18. The van der Waals surface area contributed by atoms with Crippen molar-refractivity contribution in [2.75, 3.05) is 14.1 Å². The molecule has 0 fully saturated rings. The Kier molecular flexibility index (Phi) is 4.25. The molecule has 3 rings (SSSR count). The maximum atomic E-state index is 12.6. The van der Waals surface area contributed by atoms with E-state index in [1.54, 1.807) is 35.0 Å². The number of hydrogen-bond acceptors (Lipinski definition) is 4. The zero-order valence-corrected chi connectivity index (χ0v) is 14.1. The van der Waals surface area contributed by atoms with Crippen molar-refractivity contribution in [1.29, 1.82) is 0 Å². The molecule has 1 unspecified atom stereocenters. The molecule has 0 saturated heterocycles. The number of carbonyl (C=O) groups excluding carboxylic acids is 1. The fourth-order valence-corrected chi connectivity index (χ4v) is 3.31. The highest BCUT2D eigenvalue weighted by Crippen LogP contribution is 2.28. The van der Waals surface area contributed by atoms with Crippen molar-refractivity contribution in [3.8, 4) is 10.6 Å². The third kappa shape index (κ3) is 3.03. The summed E-state index contributed by atoms with van der Waals surface area (Å²) in [6, 6.07) is 11.2. The summed E-state index contributed by atoms with van der Waals surface area (Å²) in [5.41, 5.74) is 2.85. The van der Waals surface area contributed by atoms with E-state index in [4.69, 9.17) is 0 Å². The molecule has 0 aliphatic rings. The second kappa shape index (κ2) is 6.34. The molecule has 23 heavy (non-hydrogen) atoms. The number of nitrogens with zero attached hydrogens (tertiary/aromatic N) is 4. The number of thiophene rings is 1. The van der Waals surface area contributed by atoms with Gasteiger partial charge < -0.3 is 4.90 Å². The average Bonchev–Trinajstić information content (AvgIpc) is 3.17. The largest absolute Gasteiger partial charge is 0.347 e. The van der Waals surface area contributed by atoms with Gasteiger partial charge in [-0.15, -0.1) is 16.4 Å². The second-order valence-electron chi connectivity index (χ2n) is 5.56. The monoisotopic (exact) mass is 326 g/mol. The van der Waals surface area contributed by atoms with Crippen molar-refractivity contribution in [2.24, 2.45) is 0 Å². The minimum Gasteiger partial charge on any atom is -0.347 e. The Balaban J connectivity index is 2.03. The normalized spacial score (nSPS) is 12.1. The van der Waals surface area contributed by atoms with Crippen molar-refractivity contribution in [1.82, 2.24) is 19.9 Å². The van der Waals surface area contributed by atoms with Crippen LogP contribution < -0.4 is 0 Å². The van der Waals surface area contributed by atoms with Gasteiger partial charge in [-0.3, -0.25) is 4.79 Å². The van der Waals surface area contributed by atoms with Gasteiger partial charge in [0.05, 0.1) is 11.1 Å². The Morgan fingerprint density at radius 1 is 1.22 bits per heavy atom. The van der Waals surface area contributed by atoms with Crippen LogP contribution in [0, 0.1) is 6.92 Å². The molecule has 0 aliphatic heterocycles. The summed E-state index contributed by atoms with van der Waals surface area (Å²) in [5.74, 6) is -0.0319. The lowest BCUT2D eigenvalue weighted by Crippen LogP contribution is -2.32. The van der Waals surface area contributed by atoms with Crippen LogP contribution in [0.25, 0.3) is 10.6 Å². The van der Waals surface area contributed by atoms with Gasteiger partial charge in [0, 0.05) is 14.1 Å². The highest BCUT2D eigenvalue weighted by atomic mass is 32.1. The van der Waals surface area contributed by atoms with Crippen LogP contribution in [0.15, 0.2) is 48.0 Å². The van der Waals surface area contributed by atoms with Crippen molar-refractivity contribution < 1.29 is 4.79 Å². The van der Waals surface area contributed by atoms with Crippen LogP contribution in [0.2, 0.25) is 0 Å². The molecule has 118 valence electrons. The Morgan fingerprint density at radius 3 is 2.57 bits per heavy atom. The van der Waals surface area contributed by atoms with Gasteiger partial charge in [0.1, 0.15) is 5.69 Å². The molecule has 0 spiro atoms. The summed E-state index contributed by atoms with van der Waals surface area (Å²) in [6.07, 6.45) is 1.85. The number of carbonyl (C=O) groups is 1.